The van der Waals surface area contributed by atoms with Crippen molar-refractivity contribution in [1.29, 1.82) is 0 Å². The van der Waals surface area contributed by atoms with Crippen molar-refractivity contribution in [2.45, 2.75) is 45.7 Å². The van der Waals surface area contributed by atoms with Crippen LogP contribution in [0, 0.1) is 0 Å². The van der Waals surface area contributed by atoms with Gasteiger partial charge in [0.2, 0.25) is 0 Å². The summed E-state index contributed by atoms with van der Waals surface area (Å²) in [6.07, 6.45) is 1.61. The van der Waals surface area contributed by atoms with Crippen LogP contribution in [0.15, 0.2) is 42.6 Å². The molecule has 0 saturated heterocycles. The molecular formula is C19H26ClN3O. The first-order valence-corrected chi connectivity index (χ1v) is 7.87. The van der Waals surface area contributed by atoms with E-state index in [9.17, 15) is 4.79 Å². The number of amides is 1. The van der Waals surface area contributed by atoms with E-state index in [1.807, 2.05) is 6.92 Å². The zero-order chi connectivity index (χ0) is 17.0. The summed E-state index contributed by atoms with van der Waals surface area (Å²) in [7, 11) is 0. The van der Waals surface area contributed by atoms with Crippen molar-refractivity contribution in [3.63, 3.8) is 0 Å². The highest BCUT2D eigenvalue weighted by Gasteiger charge is 2.15. The lowest BCUT2D eigenvalue weighted by molar-refractivity contribution is 0.0939. The van der Waals surface area contributed by atoms with Gasteiger partial charge in [-0.1, -0.05) is 45.0 Å². The number of benzene rings is 1. The van der Waals surface area contributed by atoms with Crippen LogP contribution >= 0.6 is 12.4 Å². The molecule has 1 amide bonds. The predicted molar refractivity (Wildman–Crippen MR) is 100 cm³/mol. The number of aromatic nitrogens is 1. The molecule has 1 aromatic heterocycles. The zero-order valence-corrected chi connectivity index (χ0v) is 15.5. The van der Waals surface area contributed by atoms with Crippen LogP contribution in [0.2, 0.25) is 0 Å². The molecule has 1 heterocycles. The maximum absolute atomic E-state index is 12.3. The highest BCUT2D eigenvalue weighted by molar-refractivity contribution is 5.94. The van der Waals surface area contributed by atoms with E-state index >= 15 is 0 Å². The lowest BCUT2D eigenvalue weighted by Crippen LogP contribution is -2.27. The first kappa shape index (κ1) is 20.1. The predicted octanol–water partition coefficient (Wildman–Crippen LogP) is 3.75. The number of nitrogens with two attached hydrogens (primary N) is 1. The average molecular weight is 348 g/mol. The molecule has 3 N–H and O–H groups in total. The fraction of sp³-hybridized carbons (Fsp3) is 0.368. The number of pyridine rings is 1. The molecule has 1 unspecified atom stereocenters. The molecule has 24 heavy (non-hydrogen) atoms. The molecule has 0 aliphatic carbocycles. The topological polar surface area (TPSA) is 68.0 Å². The van der Waals surface area contributed by atoms with Crippen LogP contribution in [-0.2, 0) is 12.0 Å². The molecule has 0 bridgehead atoms. The van der Waals surface area contributed by atoms with Gasteiger partial charge in [-0.2, -0.15) is 0 Å². The lowest BCUT2D eigenvalue weighted by atomic mass is 9.86. The maximum atomic E-state index is 12.3. The molecule has 2 aromatic rings. The number of halogens is 1. The summed E-state index contributed by atoms with van der Waals surface area (Å²) in [5.41, 5.74) is 9.34. The second kappa shape index (κ2) is 8.27. The Morgan fingerprint density at radius 2 is 1.83 bits per heavy atom. The molecule has 4 nitrogen and oxygen atoms in total. The van der Waals surface area contributed by atoms with Gasteiger partial charge >= 0.3 is 0 Å². The third-order valence-electron chi connectivity index (χ3n) is 3.91. The maximum Gasteiger partial charge on any atom is 0.251 e. The number of hydrogen-bond acceptors (Lipinski definition) is 3. The van der Waals surface area contributed by atoms with Crippen molar-refractivity contribution in [3.8, 4) is 0 Å². The summed E-state index contributed by atoms with van der Waals surface area (Å²) >= 11 is 0. The Hall–Kier alpha value is -1.91. The fourth-order valence-corrected chi connectivity index (χ4v) is 2.37. The van der Waals surface area contributed by atoms with E-state index in [4.69, 9.17) is 5.73 Å². The molecule has 0 radical (unpaired) electrons. The molecule has 0 aliphatic rings. The Kier molecular flexibility index (Phi) is 6.93. The Morgan fingerprint density at radius 3 is 2.38 bits per heavy atom. The highest BCUT2D eigenvalue weighted by Crippen LogP contribution is 2.24. The van der Waals surface area contributed by atoms with Gasteiger partial charge in [-0.25, -0.2) is 0 Å². The average Bonchev–Trinajstić information content (AvgIpc) is 2.54. The minimum Gasteiger partial charge on any atom is -0.346 e. The molecule has 5 heteroatoms. The van der Waals surface area contributed by atoms with Crippen LogP contribution in [0.3, 0.4) is 0 Å². The van der Waals surface area contributed by atoms with Crippen molar-refractivity contribution >= 4 is 18.3 Å². The summed E-state index contributed by atoms with van der Waals surface area (Å²) in [5.74, 6) is -0.116. The summed E-state index contributed by atoms with van der Waals surface area (Å²) in [6, 6.07) is 11.8. The van der Waals surface area contributed by atoms with E-state index < -0.39 is 0 Å². The number of rotatable bonds is 4. The van der Waals surface area contributed by atoms with Gasteiger partial charge < -0.3 is 11.1 Å². The van der Waals surface area contributed by atoms with Gasteiger partial charge in [0.15, 0.2) is 0 Å². The van der Waals surface area contributed by atoms with Crippen LogP contribution in [0.25, 0.3) is 0 Å². The Bertz CT molecular complexity index is 678. The minimum absolute atomic E-state index is 0. The van der Waals surface area contributed by atoms with Crippen LogP contribution in [0.1, 0.15) is 60.9 Å². The van der Waals surface area contributed by atoms with Gasteiger partial charge in [-0.3, -0.25) is 9.78 Å². The molecular weight excluding hydrogens is 322 g/mol. The number of carbonyl (C=O) groups is 1. The van der Waals surface area contributed by atoms with E-state index in [1.54, 1.807) is 18.3 Å². The number of nitrogens with zero attached hydrogens (tertiary/aromatic N) is 1. The lowest BCUT2D eigenvalue weighted by Gasteiger charge is -2.20. The van der Waals surface area contributed by atoms with Crippen molar-refractivity contribution in [3.05, 3.63) is 65.0 Å². The van der Waals surface area contributed by atoms with E-state index in [1.165, 1.54) is 5.56 Å². The third-order valence-corrected chi connectivity index (χ3v) is 3.91. The normalized spacial score (nSPS) is 12.2. The standard InChI is InChI=1S/C19H25N3O.ClH/c1-13(14-5-7-16(8-6-14)19(2,3)4)22-18(23)15-9-10-21-17(11-15)12-20;/h5-11,13H,12,20H2,1-4H3,(H,22,23);1H. The van der Waals surface area contributed by atoms with Crippen LogP contribution in [-0.4, -0.2) is 10.9 Å². The second-order valence-electron chi connectivity index (χ2n) is 6.81. The van der Waals surface area contributed by atoms with Crippen molar-refractivity contribution < 1.29 is 4.79 Å². The summed E-state index contributed by atoms with van der Waals surface area (Å²) < 4.78 is 0. The molecule has 0 fully saturated rings. The fourth-order valence-electron chi connectivity index (χ4n) is 2.37. The Morgan fingerprint density at radius 1 is 1.21 bits per heavy atom. The van der Waals surface area contributed by atoms with E-state index in [2.05, 4.69) is 55.3 Å². The largest absolute Gasteiger partial charge is 0.346 e. The monoisotopic (exact) mass is 347 g/mol. The molecule has 2 rings (SSSR count). The van der Waals surface area contributed by atoms with Crippen LogP contribution in [0.5, 0.6) is 0 Å². The molecule has 130 valence electrons. The smallest absolute Gasteiger partial charge is 0.251 e. The van der Waals surface area contributed by atoms with Gasteiger partial charge in [0.1, 0.15) is 0 Å². The SMILES string of the molecule is CC(NC(=O)c1ccnc(CN)c1)c1ccc(C(C)(C)C)cc1.Cl. The van der Waals surface area contributed by atoms with E-state index in [0.29, 0.717) is 17.8 Å². The molecule has 0 aliphatic heterocycles. The third kappa shape index (κ3) is 5.05. The Labute approximate surface area is 150 Å². The van der Waals surface area contributed by atoms with Crippen LogP contribution < -0.4 is 11.1 Å². The quantitative estimate of drug-likeness (QED) is 0.885. The van der Waals surface area contributed by atoms with Crippen molar-refractivity contribution in [2.24, 2.45) is 5.73 Å². The van der Waals surface area contributed by atoms with Gasteiger partial charge in [-0.15, -0.1) is 12.4 Å². The Balaban J connectivity index is 0.00000288. The number of carbonyl (C=O) groups excluding carboxylic acids is 1. The molecule has 0 spiro atoms. The van der Waals surface area contributed by atoms with Crippen LogP contribution in [0.4, 0.5) is 0 Å². The minimum atomic E-state index is -0.116. The summed E-state index contributed by atoms with van der Waals surface area (Å²) in [4.78, 5) is 16.4. The van der Waals surface area contributed by atoms with Crippen molar-refractivity contribution in [2.75, 3.05) is 0 Å². The molecule has 0 saturated carbocycles. The summed E-state index contributed by atoms with van der Waals surface area (Å²) in [5, 5.41) is 3.01. The highest BCUT2D eigenvalue weighted by atomic mass is 35.5. The number of nitrogens with one attached hydrogen (secondary N) is 1. The second-order valence-corrected chi connectivity index (χ2v) is 6.81. The molecule has 1 aromatic carbocycles. The number of hydrogen-bond donors (Lipinski definition) is 2. The van der Waals surface area contributed by atoms with E-state index in [0.717, 1.165) is 5.56 Å². The zero-order valence-electron chi connectivity index (χ0n) is 14.7. The molecule has 1 atom stereocenters. The first-order valence-electron chi connectivity index (χ1n) is 7.87. The summed E-state index contributed by atoms with van der Waals surface area (Å²) in [6.45, 7) is 8.86. The van der Waals surface area contributed by atoms with Crippen molar-refractivity contribution in [1.82, 2.24) is 10.3 Å². The van der Waals surface area contributed by atoms with Gasteiger partial charge in [0, 0.05) is 18.3 Å². The van der Waals surface area contributed by atoms with E-state index in [-0.39, 0.29) is 29.8 Å². The van der Waals surface area contributed by atoms with Gasteiger partial charge in [0.05, 0.1) is 11.7 Å². The van der Waals surface area contributed by atoms with Gasteiger partial charge in [-0.05, 0) is 35.6 Å². The van der Waals surface area contributed by atoms with Gasteiger partial charge in [0.25, 0.3) is 5.91 Å². The first-order chi connectivity index (χ1) is 10.8.